The molecule has 0 saturated carbocycles. The first kappa shape index (κ1) is 10.6. The van der Waals surface area contributed by atoms with Crippen molar-refractivity contribution in [3.8, 4) is 0 Å². The molecule has 0 amide bonds. The van der Waals surface area contributed by atoms with E-state index in [2.05, 4.69) is 0 Å². The summed E-state index contributed by atoms with van der Waals surface area (Å²) in [5, 5.41) is 17.8. The number of aliphatic hydroxyl groups is 2. The average molecular weight is 198 g/mol. The summed E-state index contributed by atoms with van der Waals surface area (Å²) in [6.45, 7) is 1.87. The van der Waals surface area contributed by atoms with E-state index in [4.69, 9.17) is 10.2 Å². The van der Waals surface area contributed by atoms with Crippen LogP contribution in [0.5, 0.6) is 0 Å². The molecule has 1 aromatic carbocycles. The predicted molar refractivity (Wildman–Crippen MR) is 55.0 cm³/mol. The Morgan fingerprint density at radius 3 is 2.69 bits per heavy atom. The van der Waals surface area contributed by atoms with Crippen LogP contribution < -0.4 is 0 Å². The first-order chi connectivity index (χ1) is 6.24. The van der Waals surface area contributed by atoms with Crippen molar-refractivity contribution < 1.29 is 10.2 Å². The zero-order valence-corrected chi connectivity index (χ0v) is 8.42. The van der Waals surface area contributed by atoms with Gasteiger partial charge in [0.2, 0.25) is 0 Å². The van der Waals surface area contributed by atoms with Crippen LogP contribution in [-0.4, -0.2) is 28.7 Å². The number of rotatable bonds is 4. The third kappa shape index (κ3) is 3.38. The molecule has 1 aromatic rings. The molecule has 0 unspecified atom stereocenters. The van der Waals surface area contributed by atoms with Crippen molar-refractivity contribution in [2.45, 2.75) is 17.9 Å². The molecule has 2 nitrogen and oxygen atoms in total. The Bertz CT molecular complexity index is 263. The van der Waals surface area contributed by atoms with Crippen molar-refractivity contribution in [3.63, 3.8) is 0 Å². The Kier molecular flexibility index (Phi) is 4.28. The second-order valence-corrected chi connectivity index (χ2v) is 3.97. The van der Waals surface area contributed by atoms with E-state index in [1.165, 1.54) is 5.56 Å². The van der Waals surface area contributed by atoms with Gasteiger partial charge in [0.15, 0.2) is 0 Å². The van der Waals surface area contributed by atoms with Gasteiger partial charge in [0.25, 0.3) is 0 Å². The first-order valence-corrected chi connectivity index (χ1v) is 5.20. The van der Waals surface area contributed by atoms with Gasteiger partial charge in [-0.1, -0.05) is 18.2 Å². The molecule has 0 saturated heterocycles. The smallest absolute Gasteiger partial charge is 0.0864 e. The molecule has 72 valence electrons. The molecule has 1 atom stereocenters. The van der Waals surface area contributed by atoms with E-state index in [1.807, 2.05) is 31.2 Å². The number of thioether (sulfide) groups is 1. The fraction of sp³-hybridized carbons (Fsp3) is 0.400. The average Bonchev–Trinajstić information content (AvgIpc) is 2.16. The second-order valence-electron chi connectivity index (χ2n) is 2.91. The Balaban J connectivity index is 2.50. The Labute approximate surface area is 82.6 Å². The van der Waals surface area contributed by atoms with Crippen molar-refractivity contribution in [1.82, 2.24) is 0 Å². The van der Waals surface area contributed by atoms with Crippen LogP contribution in [0.1, 0.15) is 5.56 Å². The highest BCUT2D eigenvalue weighted by Crippen LogP contribution is 2.22. The van der Waals surface area contributed by atoms with E-state index in [0.717, 1.165) is 4.90 Å². The predicted octanol–water partition coefficient (Wildman–Crippen LogP) is 1.44. The van der Waals surface area contributed by atoms with Crippen LogP contribution in [0.15, 0.2) is 29.2 Å². The highest BCUT2D eigenvalue weighted by Gasteiger charge is 2.03. The molecule has 0 aliphatic heterocycles. The van der Waals surface area contributed by atoms with Crippen LogP contribution >= 0.6 is 11.8 Å². The van der Waals surface area contributed by atoms with E-state index < -0.39 is 6.10 Å². The van der Waals surface area contributed by atoms with Crippen LogP contribution in [0.3, 0.4) is 0 Å². The van der Waals surface area contributed by atoms with Gasteiger partial charge in [0.05, 0.1) is 12.7 Å². The maximum atomic E-state index is 9.14. The lowest BCUT2D eigenvalue weighted by atomic mass is 10.2. The lowest BCUT2D eigenvalue weighted by Gasteiger charge is -2.08. The molecule has 0 aromatic heterocycles. The topological polar surface area (TPSA) is 40.5 Å². The van der Waals surface area contributed by atoms with E-state index in [1.54, 1.807) is 11.8 Å². The van der Waals surface area contributed by atoms with E-state index >= 15 is 0 Å². The number of aryl methyl sites for hydroxylation is 1. The molecule has 0 bridgehead atoms. The Morgan fingerprint density at radius 1 is 1.38 bits per heavy atom. The number of benzene rings is 1. The molecule has 0 fully saturated rings. The van der Waals surface area contributed by atoms with Crippen molar-refractivity contribution in [2.75, 3.05) is 12.4 Å². The molecule has 0 aliphatic rings. The zero-order chi connectivity index (χ0) is 9.68. The normalized spacial score (nSPS) is 12.8. The Morgan fingerprint density at radius 2 is 2.08 bits per heavy atom. The highest BCUT2D eigenvalue weighted by molar-refractivity contribution is 7.99. The van der Waals surface area contributed by atoms with Crippen LogP contribution in [-0.2, 0) is 0 Å². The van der Waals surface area contributed by atoms with Gasteiger partial charge in [-0.05, 0) is 18.6 Å². The van der Waals surface area contributed by atoms with Gasteiger partial charge in [-0.2, -0.15) is 0 Å². The number of hydrogen-bond donors (Lipinski definition) is 2. The fourth-order valence-electron chi connectivity index (χ4n) is 0.957. The molecule has 1 rings (SSSR count). The van der Waals surface area contributed by atoms with Gasteiger partial charge in [0.1, 0.15) is 0 Å². The van der Waals surface area contributed by atoms with Gasteiger partial charge in [-0.3, -0.25) is 0 Å². The summed E-state index contributed by atoms with van der Waals surface area (Å²) in [6.07, 6.45) is -0.621. The minimum absolute atomic E-state index is 0.168. The maximum Gasteiger partial charge on any atom is 0.0864 e. The third-order valence-corrected chi connectivity index (χ3v) is 3.06. The number of hydrogen-bond acceptors (Lipinski definition) is 3. The van der Waals surface area contributed by atoms with Crippen molar-refractivity contribution in [2.24, 2.45) is 0 Å². The van der Waals surface area contributed by atoms with Gasteiger partial charge in [-0.25, -0.2) is 0 Å². The van der Waals surface area contributed by atoms with Crippen molar-refractivity contribution in [3.05, 3.63) is 29.8 Å². The quantitative estimate of drug-likeness (QED) is 0.719. The summed E-state index contributed by atoms with van der Waals surface area (Å²) in [4.78, 5) is 1.16. The third-order valence-electron chi connectivity index (χ3n) is 1.74. The summed E-state index contributed by atoms with van der Waals surface area (Å²) in [5.41, 5.74) is 1.21. The SMILES string of the molecule is Cc1ccccc1SC[C@H](O)CO. The van der Waals surface area contributed by atoms with Crippen LogP contribution in [0.2, 0.25) is 0 Å². The van der Waals surface area contributed by atoms with E-state index in [9.17, 15) is 0 Å². The molecule has 0 radical (unpaired) electrons. The summed E-state index contributed by atoms with van der Waals surface area (Å²) < 4.78 is 0. The molecule has 0 aliphatic carbocycles. The lowest BCUT2D eigenvalue weighted by Crippen LogP contribution is -2.14. The fourth-order valence-corrected chi connectivity index (χ4v) is 1.90. The van der Waals surface area contributed by atoms with Crippen molar-refractivity contribution >= 4 is 11.8 Å². The van der Waals surface area contributed by atoms with Crippen molar-refractivity contribution in [1.29, 1.82) is 0 Å². The highest BCUT2D eigenvalue weighted by atomic mass is 32.2. The van der Waals surface area contributed by atoms with Gasteiger partial charge in [-0.15, -0.1) is 11.8 Å². The minimum atomic E-state index is -0.621. The first-order valence-electron chi connectivity index (χ1n) is 4.21. The summed E-state index contributed by atoms with van der Waals surface area (Å²) in [5.74, 6) is 0.543. The molecule has 0 spiro atoms. The Hall–Kier alpha value is -0.510. The molecular weight excluding hydrogens is 184 g/mol. The van der Waals surface area contributed by atoms with Crippen LogP contribution in [0.25, 0.3) is 0 Å². The monoisotopic (exact) mass is 198 g/mol. The molecule has 0 heterocycles. The zero-order valence-electron chi connectivity index (χ0n) is 7.60. The largest absolute Gasteiger partial charge is 0.394 e. The number of aliphatic hydroxyl groups excluding tert-OH is 2. The van der Waals surface area contributed by atoms with Gasteiger partial charge in [0, 0.05) is 10.6 Å². The molecule has 3 heteroatoms. The van der Waals surface area contributed by atoms with Crippen LogP contribution in [0.4, 0.5) is 0 Å². The second kappa shape index (κ2) is 5.27. The molecule has 13 heavy (non-hydrogen) atoms. The molecule has 2 N–H and O–H groups in total. The standard InChI is InChI=1S/C10H14O2S/c1-8-4-2-3-5-10(8)13-7-9(12)6-11/h2-5,9,11-12H,6-7H2,1H3/t9-/m1/s1. The van der Waals surface area contributed by atoms with Crippen LogP contribution in [0, 0.1) is 6.92 Å². The minimum Gasteiger partial charge on any atom is -0.394 e. The summed E-state index contributed by atoms with van der Waals surface area (Å²) in [6, 6.07) is 8.01. The maximum absolute atomic E-state index is 9.14. The van der Waals surface area contributed by atoms with E-state index in [0.29, 0.717) is 5.75 Å². The summed E-state index contributed by atoms with van der Waals surface area (Å²) >= 11 is 1.57. The molecular formula is C10H14O2S. The van der Waals surface area contributed by atoms with Gasteiger partial charge >= 0.3 is 0 Å². The van der Waals surface area contributed by atoms with E-state index in [-0.39, 0.29) is 6.61 Å². The summed E-state index contributed by atoms with van der Waals surface area (Å²) in [7, 11) is 0. The lowest BCUT2D eigenvalue weighted by molar-refractivity contribution is 0.113. The van der Waals surface area contributed by atoms with Gasteiger partial charge < -0.3 is 10.2 Å².